The molecule has 0 radical (unpaired) electrons. The lowest BCUT2D eigenvalue weighted by Gasteiger charge is -2.02. The van der Waals surface area contributed by atoms with E-state index in [9.17, 15) is 0 Å². The first-order chi connectivity index (χ1) is 4.27. The van der Waals surface area contributed by atoms with Crippen LogP contribution in [-0.2, 0) is 0 Å². The summed E-state index contributed by atoms with van der Waals surface area (Å²) >= 11 is 0. The molecule has 0 rings (SSSR count). The Morgan fingerprint density at radius 2 is 1.78 bits per heavy atom. The van der Waals surface area contributed by atoms with Crippen molar-refractivity contribution in [3.8, 4) is 0 Å². The smallest absolute Gasteiger partial charge is 0.00773 e. The standard InChI is InChI=1S/C7H18NP/c1-9(2)7-5-3-4-6-8/h3-8H2,1-2H3. The van der Waals surface area contributed by atoms with Crippen molar-refractivity contribution < 1.29 is 0 Å². The molecule has 0 aliphatic heterocycles. The minimum absolute atomic E-state index is 0.342. The third kappa shape index (κ3) is 8.39. The summed E-state index contributed by atoms with van der Waals surface area (Å²) < 4.78 is 0. The molecule has 0 fully saturated rings. The summed E-state index contributed by atoms with van der Waals surface area (Å²) in [6.07, 6.45) is 5.35. The van der Waals surface area contributed by atoms with Gasteiger partial charge in [0.05, 0.1) is 0 Å². The average Bonchev–Trinajstić information content (AvgIpc) is 1.80. The second-order valence-electron chi connectivity index (χ2n) is 2.65. The first kappa shape index (κ1) is 9.39. The molecule has 0 amide bonds. The summed E-state index contributed by atoms with van der Waals surface area (Å²) in [6.45, 7) is 5.53. The first-order valence-corrected chi connectivity index (χ1v) is 6.04. The number of unbranched alkanes of at least 4 members (excludes halogenated alkanes) is 2. The van der Waals surface area contributed by atoms with Gasteiger partial charge in [-0.05, 0) is 38.9 Å². The highest BCUT2D eigenvalue weighted by Gasteiger charge is 1.91. The normalized spacial score (nSPS) is 10.7. The fourth-order valence-electron chi connectivity index (χ4n) is 0.749. The largest absolute Gasteiger partial charge is 0.330 e. The summed E-state index contributed by atoms with van der Waals surface area (Å²) in [5, 5.41) is 0. The Labute approximate surface area is 59.8 Å². The van der Waals surface area contributed by atoms with Gasteiger partial charge in [-0.15, -0.1) is 7.92 Å². The van der Waals surface area contributed by atoms with Crippen LogP contribution >= 0.6 is 7.92 Å². The third-order valence-electron chi connectivity index (χ3n) is 1.31. The molecule has 0 aromatic carbocycles. The van der Waals surface area contributed by atoms with Crippen LogP contribution in [0.1, 0.15) is 19.3 Å². The van der Waals surface area contributed by atoms with Crippen molar-refractivity contribution in [3.05, 3.63) is 0 Å². The molecule has 0 aliphatic carbocycles. The van der Waals surface area contributed by atoms with E-state index in [1.807, 2.05) is 0 Å². The van der Waals surface area contributed by atoms with Crippen LogP contribution in [0.2, 0.25) is 0 Å². The maximum atomic E-state index is 5.35. The van der Waals surface area contributed by atoms with Crippen LogP contribution in [0.25, 0.3) is 0 Å². The quantitative estimate of drug-likeness (QED) is 0.466. The molecule has 0 saturated carbocycles. The van der Waals surface area contributed by atoms with E-state index in [2.05, 4.69) is 13.3 Å². The number of hydrogen-bond acceptors (Lipinski definition) is 1. The molecule has 2 N–H and O–H groups in total. The number of hydrogen-bond donors (Lipinski definition) is 1. The maximum Gasteiger partial charge on any atom is -0.00773 e. The van der Waals surface area contributed by atoms with Gasteiger partial charge in [0.2, 0.25) is 0 Å². The second kappa shape index (κ2) is 6.51. The lowest BCUT2D eigenvalue weighted by molar-refractivity contribution is 0.731. The van der Waals surface area contributed by atoms with E-state index < -0.39 is 0 Å². The Morgan fingerprint density at radius 3 is 2.22 bits per heavy atom. The Bertz CT molecular complexity index is 54.9. The van der Waals surface area contributed by atoms with Crippen LogP contribution in [-0.4, -0.2) is 26.0 Å². The number of nitrogens with two attached hydrogens (primary N) is 1. The summed E-state index contributed by atoms with van der Waals surface area (Å²) in [5.41, 5.74) is 5.35. The van der Waals surface area contributed by atoms with Crippen LogP contribution in [0.4, 0.5) is 0 Å². The van der Waals surface area contributed by atoms with Gasteiger partial charge < -0.3 is 5.73 Å². The topological polar surface area (TPSA) is 26.0 Å². The minimum atomic E-state index is 0.342. The maximum absolute atomic E-state index is 5.35. The molecule has 0 aliphatic rings. The van der Waals surface area contributed by atoms with E-state index in [0.717, 1.165) is 6.54 Å². The minimum Gasteiger partial charge on any atom is -0.330 e. The van der Waals surface area contributed by atoms with Crippen LogP contribution in [0.5, 0.6) is 0 Å². The summed E-state index contributed by atoms with van der Waals surface area (Å²) in [6, 6.07) is 0. The van der Waals surface area contributed by atoms with Gasteiger partial charge in [-0.2, -0.15) is 0 Å². The van der Waals surface area contributed by atoms with Gasteiger partial charge in [0.1, 0.15) is 0 Å². The molecule has 0 atom stereocenters. The Balaban J connectivity index is 2.75. The molecule has 0 saturated heterocycles. The lowest BCUT2D eigenvalue weighted by atomic mass is 10.2. The van der Waals surface area contributed by atoms with Gasteiger partial charge >= 0.3 is 0 Å². The van der Waals surface area contributed by atoms with Crippen LogP contribution in [0.15, 0.2) is 0 Å². The second-order valence-corrected chi connectivity index (χ2v) is 5.26. The van der Waals surface area contributed by atoms with E-state index in [1.54, 1.807) is 0 Å². The Morgan fingerprint density at radius 1 is 1.11 bits per heavy atom. The zero-order valence-electron chi connectivity index (χ0n) is 6.56. The Hall–Kier alpha value is 0.390. The predicted molar refractivity (Wildman–Crippen MR) is 46.5 cm³/mol. The fraction of sp³-hybridized carbons (Fsp3) is 1.00. The van der Waals surface area contributed by atoms with Crippen molar-refractivity contribution in [2.24, 2.45) is 5.73 Å². The molecule has 0 aromatic heterocycles. The van der Waals surface area contributed by atoms with Crippen molar-refractivity contribution in [2.75, 3.05) is 26.0 Å². The van der Waals surface area contributed by atoms with Crippen molar-refractivity contribution in [3.63, 3.8) is 0 Å². The molecule has 0 unspecified atom stereocenters. The third-order valence-corrected chi connectivity index (χ3v) is 2.52. The van der Waals surface area contributed by atoms with E-state index in [4.69, 9.17) is 5.73 Å². The zero-order valence-corrected chi connectivity index (χ0v) is 7.45. The predicted octanol–water partition coefficient (Wildman–Crippen LogP) is 1.86. The SMILES string of the molecule is CP(C)CCCCCN. The van der Waals surface area contributed by atoms with E-state index in [-0.39, 0.29) is 0 Å². The van der Waals surface area contributed by atoms with Gasteiger partial charge in [-0.1, -0.05) is 6.42 Å². The molecular formula is C7H18NP. The Kier molecular flexibility index (Phi) is 6.79. The molecule has 0 spiro atoms. The van der Waals surface area contributed by atoms with Gasteiger partial charge in [0, 0.05) is 0 Å². The molecule has 56 valence electrons. The molecular weight excluding hydrogens is 129 g/mol. The van der Waals surface area contributed by atoms with Crippen LogP contribution in [0, 0.1) is 0 Å². The van der Waals surface area contributed by atoms with Crippen molar-refractivity contribution in [1.82, 2.24) is 0 Å². The zero-order chi connectivity index (χ0) is 7.11. The number of rotatable bonds is 5. The summed E-state index contributed by atoms with van der Waals surface area (Å²) in [4.78, 5) is 0. The van der Waals surface area contributed by atoms with E-state index in [1.165, 1.54) is 25.4 Å². The van der Waals surface area contributed by atoms with E-state index in [0.29, 0.717) is 7.92 Å². The molecule has 2 heteroatoms. The molecule has 1 nitrogen and oxygen atoms in total. The summed E-state index contributed by atoms with van der Waals surface area (Å²) in [7, 11) is 0.342. The first-order valence-electron chi connectivity index (χ1n) is 3.62. The lowest BCUT2D eigenvalue weighted by Crippen LogP contribution is -1.98. The molecule has 0 aromatic rings. The highest BCUT2D eigenvalue weighted by molar-refractivity contribution is 7.55. The van der Waals surface area contributed by atoms with Gasteiger partial charge in [0.25, 0.3) is 0 Å². The molecule has 9 heavy (non-hydrogen) atoms. The fourth-order valence-corrected chi connectivity index (χ4v) is 1.61. The highest BCUT2D eigenvalue weighted by atomic mass is 31.1. The van der Waals surface area contributed by atoms with Crippen molar-refractivity contribution >= 4 is 7.92 Å². The van der Waals surface area contributed by atoms with Crippen LogP contribution in [0.3, 0.4) is 0 Å². The van der Waals surface area contributed by atoms with Gasteiger partial charge in [0.15, 0.2) is 0 Å². The van der Waals surface area contributed by atoms with Gasteiger partial charge in [-0.25, -0.2) is 0 Å². The van der Waals surface area contributed by atoms with Gasteiger partial charge in [-0.3, -0.25) is 0 Å². The van der Waals surface area contributed by atoms with Crippen molar-refractivity contribution in [1.29, 1.82) is 0 Å². The van der Waals surface area contributed by atoms with E-state index >= 15 is 0 Å². The highest BCUT2D eigenvalue weighted by Crippen LogP contribution is 2.25. The molecule has 0 heterocycles. The van der Waals surface area contributed by atoms with Crippen molar-refractivity contribution in [2.45, 2.75) is 19.3 Å². The van der Waals surface area contributed by atoms with Crippen LogP contribution < -0.4 is 5.73 Å². The monoisotopic (exact) mass is 147 g/mol. The summed E-state index contributed by atoms with van der Waals surface area (Å²) in [5.74, 6) is 0. The average molecular weight is 147 g/mol. The molecule has 0 bridgehead atoms.